The number of hydrogen-bond donors (Lipinski definition) is 1. The maximum atomic E-state index is 3.69. The lowest BCUT2D eigenvalue weighted by Gasteiger charge is -2.31. The number of anilines is 1. The van der Waals surface area contributed by atoms with Crippen molar-refractivity contribution in [3.05, 3.63) is 29.8 Å². The minimum absolute atomic E-state index is 0.691. The Morgan fingerprint density at radius 3 is 2.94 bits per heavy atom. The van der Waals surface area contributed by atoms with Crippen molar-refractivity contribution >= 4 is 13.5 Å². The van der Waals surface area contributed by atoms with Gasteiger partial charge in [-0.2, -0.15) is 0 Å². The molecule has 1 aliphatic rings. The Bertz CT molecular complexity index is 337. The summed E-state index contributed by atoms with van der Waals surface area (Å²) in [5, 5.41) is 3.69. The normalized spacial score (nSPS) is 23.6. The van der Waals surface area contributed by atoms with Gasteiger partial charge >= 0.3 is 0 Å². The third-order valence-electron chi connectivity index (χ3n) is 3.65. The van der Waals surface area contributed by atoms with Crippen LogP contribution in [-0.2, 0) is 0 Å². The number of nitrogens with one attached hydrogen (secondary N) is 1. The van der Waals surface area contributed by atoms with Crippen molar-refractivity contribution in [2.24, 2.45) is 0 Å². The SMILES string of the molecule is BC1CC(CCCCC)Nc2ccccc21. The van der Waals surface area contributed by atoms with Gasteiger partial charge in [0.1, 0.15) is 7.85 Å². The van der Waals surface area contributed by atoms with Crippen molar-refractivity contribution in [2.45, 2.75) is 50.9 Å². The van der Waals surface area contributed by atoms with Gasteiger partial charge in [0.05, 0.1) is 0 Å². The Balaban J connectivity index is 1.98. The van der Waals surface area contributed by atoms with Crippen LogP contribution in [0.4, 0.5) is 5.69 Å². The Kier molecular flexibility index (Phi) is 3.92. The molecule has 2 atom stereocenters. The summed E-state index contributed by atoms with van der Waals surface area (Å²) in [6.07, 6.45) is 6.67. The topological polar surface area (TPSA) is 12.0 Å². The molecule has 1 N–H and O–H groups in total. The van der Waals surface area contributed by atoms with E-state index in [1.165, 1.54) is 43.4 Å². The van der Waals surface area contributed by atoms with Gasteiger partial charge in [0.2, 0.25) is 0 Å². The largest absolute Gasteiger partial charge is 0.382 e. The Morgan fingerprint density at radius 1 is 1.31 bits per heavy atom. The van der Waals surface area contributed by atoms with Crippen molar-refractivity contribution in [1.29, 1.82) is 0 Å². The van der Waals surface area contributed by atoms with Crippen LogP contribution in [0.1, 0.15) is 50.4 Å². The number of fused-ring (bicyclic) bond motifs is 1. The van der Waals surface area contributed by atoms with E-state index >= 15 is 0 Å². The maximum Gasteiger partial charge on any atom is 0.111 e. The van der Waals surface area contributed by atoms with Crippen LogP contribution in [0.5, 0.6) is 0 Å². The summed E-state index contributed by atoms with van der Waals surface area (Å²) in [7, 11) is 2.35. The molecule has 0 fully saturated rings. The third kappa shape index (κ3) is 2.60. The summed E-state index contributed by atoms with van der Waals surface area (Å²) in [5.41, 5.74) is 2.86. The molecular formula is C14H22BN. The van der Waals surface area contributed by atoms with E-state index in [-0.39, 0.29) is 0 Å². The van der Waals surface area contributed by atoms with E-state index in [9.17, 15) is 0 Å². The minimum atomic E-state index is 0.691. The smallest absolute Gasteiger partial charge is 0.111 e. The number of unbranched alkanes of at least 4 members (excludes halogenated alkanes) is 2. The third-order valence-corrected chi connectivity index (χ3v) is 3.65. The molecule has 0 aliphatic carbocycles. The van der Waals surface area contributed by atoms with E-state index in [0.29, 0.717) is 11.9 Å². The van der Waals surface area contributed by atoms with Crippen LogP contribution in [0.3, 0.4) is 0 Å². The maximum absolute atomic E-state index is 3.69. The highest BCUT2D eigenvalue weighted by atomic mass is 14.9. The molecule has 16 heavy (non-hydrogen) atoms. The van der Waals surface area contributed by atoms with E-state index in [4.69, 9.17) is 0 Å². The van der Waals surface area contributed by atoms with Gasteiger partial charge in [0.25, 0.3) is 0 Å². The predicted molar refractivity (Wildman–Crippen MR) is 73.9 cm³/mol. The molecule has 2 heteroatoms. The zero-order valence-electron chi connectivity index (χ0n) is 10.5. The van der Waals surface area contributed by atoms with Crippen molar-refractivity contribution in [3.8, 4) is 0 Å². The summed E-state index contributed by atoms with van der Waals surface area (Å²) in [5.74, 6) is 0.712. The lowest BCUT2D eigenvalue weighted by molar-refractivity contribution is 0.537. The lowest BCUT2D eigenvalue weighted by Crippen LogP contribution is -2.28. The average Bonchev–Trinajstić information content (AvgIpc) is 2.30. The Labute approximate surface area is 100 Å². The van der Waals surface area contributed by atoms with E-state index in [2.05, 4.69) is 44.4 Å². The quantitative estimate of drug-likeness (QED) is 0.601. The monoisotopic (exact) mass is 215 g/mol. The van der Waals surface area contributed by atoms with Gasteiger partial charge in [0, 0.05) is 11.7 Å². The molecule has 0 aromatic heterocycles. The van der Waals surface area contributed by atoms with Crippen LogP contribution in [0.2, 0.25) is 0 Å². The first-order valence-corrected chi connectivity index (χ1v) is 6.66. The van der Waals surface area contributed by atoms with Gasteiger partial charge in [-0.25, -0.2) is 0 Å². The molecule has 0 saturated carbocycles. The standard InChI is InChI=1S/C14H22BN/c1-2-3-4-7-11-10-13(15)12-8-5-6-9-14(12)16-11/h5-6,8-9,11,13,16H,2-4,7,10,15H2,1H3. The van der Waals surface area contributed by atoms with Crippen molar-refractivity contribution in [3.63, 3.8) is 0 Å². The van der Waals surface area contributed by atoms with Crippen molar-refractivity contribution in [2.75, 3.05) is 5.32 Å². The molecule has 1 aromatic carbocycles. The van der Waals surface area contributed by atoms with Crippen LogP contribution in [0.25, 0.3) is 0 Å². The van der Waals surface area contributed by atoms with Crippen LogP contribution in [0, 0.1) is 0 Å². The number of hydrogen-bond acceptors (Lipinski definition) is 1. The van der Waals surface area contributed by atoms with Gasteiger partial charge in [-0.3, -0.25) is 0 Å². The zero-order chi connectivity index (χ0) is 11.4. The Morgan fingerprint density at radius 2 is 2.12 bits per heavy atom. The molecule has 0 spiro atoms. The summed E-state index contributed by atoms with van der Waals surface area (Å²) in [6.45, 7) is 2.27. The summed E-state index contributed by atoms with van der Waals surface area (Å²) >= 11 is 0. The first kappa shape index (κ1) is 11.6. The predicted octanol–water partition coefficient (Wildman–Crippen LogP) is 3.13. The van der Waals surface area contributed by atoms with Gasteiger partial charge in [0.15, 0.2) is 0 Å². The van der Waals surface area contributed by atoms with Gasteiger partial charge in [-0.15, -0.1) is 0 Å². The summed E-state index contributed by atoms with van der Waals surface area (Å²) in [6, 6.07) is 9.45. The van der Waals surface area contributed by atoms with Gasteiger partial charge in [-0.1, -0.05) is 44.4 Å². The summed E-state index contributed by atoms with van der Waals surface area (Å²) in [4.78, 5) is 0. The van der Waals surface area contributed by atoms with Crippen LogP contribution >= 0.6 is 0 Å². The van der Waals surface area contributed by atoms with Crippen LogP contribution in [-0.4, -0.2) is 13.9 Å². The highest BCUT2D eigenvalue weighted by Gasteiger charge is 2.22. The second-order valence-electron chi connectivity index (χ2n) is 5.06. The first-order valence-electron chi connectivity index (χ1n) is 6.66. The van der Waals surface area contributed by atoms with Crippen molar-refractivity contribution < 1.29 is 0 Å². The van der Waals surface area contributed by atoms with E-state index in [0.717, 1.165) is 0 Å². The average molecular weight is 215 g/mol. The fourth-order valence-corrected chi connectivity index (χ4v) is 2.72. The molecule has 1 aliphatic heterocycles. The number of rotatable bonds is 4. The molecule has 0 bridgehead atoms. The Hall–Kier alpha value is -0.915. The zero-order valence-corrected chi connectivity index (χ0v) is 10.5. The molecule has 2 rings (SSSR count). The van der Waals surface area contributed by atoms with E-state index in [1.807, 2.05) is 0 Å². The molecule has 1 nitrogen and oxygen atoms in total. The minimum Gasteiger partial charge on any atom is -0.382 e. The van der Waals surface area contributed by atoms with Crippen LogP contribution in [0.15, 0.2) is 24.3 Å². The number of benzene rings is 1. The second-order valence-corrected chi connectivity index (χ2v) is 5.06. The first-order chi connectivity index (χ1) is 7.81. The number of para-hydroxylation sites is 1. The molecule has 0 radical (unpaired) electrons. The molecule has 2 unspecified atom stereocenters. The van der Waals surface area contributed by atoms with Crippen LogP contribution < -0.4 is 5.32 Å². The van der Waals surface area contributed by atoms with Gasteiger partial charge in [-0.05, 0) is 30.3 Å². The molecular weight excluding hydrogens is 193 g/mol. The van der Waals surface area contributed by atoms with E-state index < -0.39 is 0 Å². The molecule has 1 aromatic rings. The lowest BCUT2D eigenvalue weighted by atomic mass is 9.73. The summed E-state index contributed by atoms with van der Waals surface area (Å²) < 4.78 is 0. The van der Waals surface area contributed by atoms with Crippen molar-refractivity contribution in [1.82, 2.24) is 0 Å². The molecule has 0 amide bonds. The highest BCUT2D eigenvalue weighted by Crippen LogP contribution is 2.33. The second kappa shape index (κ2) is 5.42. The fourth-order valence-electron chi connectivity index (χ4n) is 2.72. The molecule has 1 heterocycles. The van der Waals surface area contributed by atoms with E-state index in [1.54, 1.807) is 0 Å². The molecule has 0 saturated heterocycles. The fraction of sp³-hybridized carbons (Fsp3) is 0.571. The highest BCUT2D eigenvalue weighted by molar-refractivity contribution is 6.13. The van der Waals surface area contributed by atoms with Gasteiger partial charge < -0.3 is 5.32 Å². The molecule has 86 valence electrons.